The van der Waals surface area contributed by atoms with Gasteiger partial charge in [-0.1, -0.05) is 37.3 Å². The van der Waals surface area contributed by atoms with Crippen LogP contribution in [0, 0.1) is 5.92 Å². The summed E-state index contributed by atoms with van der Waals surface area (Å²) in [5, 5.41) is 9.15. The topological polar surface area (TPSA) is 93.1 Å². The van der Waals surface area contributed by atoms with E-state index in [1.807, 2.05) is 18.2 Å². The molecule has 0 saturated heterocycles. The molecule has 0 saturated carbocycles. The van der Waals surface area contributed by atoms with Gasteiger partial charge in [-0.3, -0.25) is 14.5 Å². The maximum Gasteiger partial charge on any atom is 0.410 e. The number of carbonyl (C=O) groups excluding carboxylic acids is 2. The highest BCUT2D eigenvalue weighted by Gasteiger charge is 2.26. The van der Waals surface area contributed by atoms with Crippen LogP contribution in [0.3, 0.4) is 0 Å². The molecule has 24 heavy (non-hydrogen) atoms. The van der Waals surface area contributed by atoms with Crippen molar-refractivity contribution in [2.45, 2.75) is 26.9 Å². The Morgan fingerprint density at radius 2 is 1.79 bits per heavy atom. The van der Waals surface area contributed by atoms with Crippen molar-refractivity contribution in [2.24, 2.45) is 5.92 Å². The average Bonchev–Trinajstić information content (AvgIpc) is 2.57. The highest BCUT2D eigenvalue weighted by Crippen LogP contribution is 2.09. The Hall–Kier alpha value is -2.57. The van der Waals surface area contributed by atoms with Gasteiger partial charge in [0, 0.05) is 6.54 Å². The van der Waals surface area contributed by atoms with Crippen LogP contribution in [0.1, 0.15) is 25.8 Å². The van der Waals surface area contributed by atoms with Crippen LogP contribution in [0.5, 0.6) is 0 Å². The van der Waals surface area contributed by atoms with Crippen molar-refractivity contribution < 1.29 is 29.0 Å². The molecule has 1 atom stereocenters. The van der Waals surface area contributed by atoms with Gasteiger partial charge in [0.05, 0.1) is 12.5 Å². The van der Waals surface area contributed by atoms with E-state index in [9.17, 15) is 14.4 Å². The van der Waals surface area contributed by atoms with Crippen molar-refractivity contribution in [3.63, 3.8) is 0 Å². The van der Waals surface area contributed by atoms with E-state index in [0.717, 1.165) is 10.5 Å². The fourth-order valence-electron chi connectivity index (χ4n) is 2.02. The van der Waals surface area contributed by atoms with Gasteiger partial charge in [0.1, 0.15) is 13.2 Å². The van der Waals surface area contributed by atoms with Gasteiger partial charge in [-0.05, 0) is 18.9 Å². The van der Waals surface area contributed by atoms with Crippen molar-refractivity contribution in [1.82, 2.24) is 4.90 Å². The van der Waals surface area contributed by atoms with Crippen LogP contribution in [0.15, 0.2) is 30.3 Å². The maximum absolute atomic E-state index is 12.2. The molecule has 0 aliphatic carbocycles. The first-order chi connectivity index (χ1) is 11.5. The van der Waals surface area contributed by atoms with Crippen molar-refractivity contribution >= 4 is 18.0 Å². The van der Waals surface area contributed by atoms with E-state index in [2.05, 4.69) is 0 Å². The molecule has 7 heteroatoms. The predicted octanol–water partition coefficient (Wildman–Crippen LogP) is 2.30. The number of nitrogens with zero attached hydrogens (tertiary/aromatic N) is 1. The molecule has 0 aliphatic heterocycles. The van der Waals surface area contributed by atoms with E-state index < -0.39 is 23.9 Å². The summed E-state index contributed by atoms with van der Waals surface area (Å²) in [6.45, 7) is 3.13. The molecule has 1 aromatic rings. The molecule has 0 radical (unpaired) electrons. The summed E-state index contributed by atoms with van der Waals surface area (Å²) >= 11 is 0. The standard InChI is InChI=1S/C17H23NO6/c1-3-14(16(20)21)10-18(11-15(19)23-4-2)17(22)24-12-13-8-6-5-7-9-13/h5-9,14H,3-4,10-12H2,1-2H3,(H,20,21). The van der Waals surface area contributed by atoms with Crippen molar-refractivity contribution in [2.75, 3.05) is 19.7 Å². The molecule has 1 aromatic carbocycles. The summed E-state index contributed by atoms with van der Waals surface area (Å²) in [5.41, 5.74) is 0.798. The van der Waals surface area contributed by atoms with Crippen LogP contribution in [-0.4, -0.2) is 47.7 Å². The van der Waals surface area contributed by atoms with Gasteiger partial charge in [0.2, 0.25) is 0 Å². The molecule has 132 valence electrons. The lowest BCUT2D eigenvalue weighted by molar-refractivity contribution is -0.147. The SMILES string of the molecule is CCOC(=O)CN(CC(CC)C(=O)O)C(=O)OCc1ccccc1. The van der Waals surface area contributed by atoms with E-state index in [1.54, 1.807) is 26.0 Å². The molecule has 0 heterocycles. The fourth-order valence-corrected chi connectivity index (χ4v) is 2.02. The minimum atomic E-state index is -1.03. The van der Waals surface area contributed by atoms with Gasteiger partial charge in [-0.25, -0.2) is 4.79 Å². The third kappa shape index (κ3) is 6.68. The number of hydrogen-bond acceptors (Lipinski definition) is 5. The Morgan fingerprint density at radius 3 is 2.33 bits per heavy atom. The molecule has 0 fully saturated rings. The van der Waals surface area contributed by atoms with Gasteiger partial charge >= 0.3 is 18.0 Å². The normalized spacial score (nSPS) is 11.4. The van der Waals surface area contributed by atoms with Gasteiger partial charge in [-0.2, -0.15) is 0 Å². The van der Waals surface area contributed by atoms with E-state index in [0.29, 0.717) is 6.42 Å². The Balaban J connectivity index is 2.72. The van der Waals surface area contributed by atoms with Crippen molar-refractivity contribution in [3.8, 4) is 0 Å². The molecule has 0 aromatic heterocycles. The summed E-state index contributed by atoms with van der Waals surface area (Å²) in [7, 11) is 0. The molecule has 0 spiro atoms. The molecule has 1 amide bonds. The summed E-state index contributed by atoms with van der Waals surface area (Å²) in [5.74, 6) is -2.40. The summed E-state index contributed by atoms with van der Waals surface area (Å²) in [6.07, 6.45) is -0.410. The minimum Gasteiger partial charge on any atom is -0.481 e. The van der Waals surface area contributed by atoms with Gasteiger partial charge in [0.25, 0.3) is 0 Å². The fraction of sp³-hybridized carbons (Fsp3) is 0.471. The number of carboxylic acids is 1. The second-order valence-electron chi connectivity index (χ2n) is 5.17. The lowest BCUT2D eigenvalue weighted by atomic mass is 10.1. The number of carbonyl (C=O) groups is 3. The van der Waals surface area contributed by atoms with E-state index in [4.69, 9.17) is 14.6 Å². The number of carboxylic acid groups (broad SMARTS) is 1. The van der Waals surface area contributed by atoms with Crippen LogP contribution in [-0.2, 0) is 25.7 Å². The zero-order valence-corrected chi connectivity index (χ0v) is 13.9. The highest BCUT2D eigenvalue weighted by molar-refractivity contribution is 5.79. The number of rotatable bonds is 9. The van der Waals surface area contributed by atoms with Crippen molar-refractivity contribution in [1.29, 1.82) is 0 Å². The predicted molar refractivity (Wildman–Crippen MR) is 86.2 cm³/mol. The Morgan fingerprint density at radius 1 is 1.12 bits per heavy atom. The second kappa shape index (κ2) is 10.3. The summed E-state index contributed by atoms with van der Waals surface area (Å²) < 4.78 is 10.0. The zero-order valence-electron chi connectivity index (χ0n) is 13.9. The number of amides is 1. The molecule has 7 nitrogen and oxygen atoms in total. The first-order valence-electron chi connectivity index (χ1n) is 7.81. The summed E-state index contributed by atoms with van der Waals surface area (Å²) in [6, 6.07) is 9.08. The highest BCUT2D eigenvalue weighted by atomic mass is 16.6. The third-order valence-electron chi connectivity index (χ3n) is 3.37. The van der Waals surface area contributed by atoms with Crippen LogP contribution in [0.4, 0.5) is 4.79 Å². The number of esters is 1. The van der Waals surface area contributed by atoms with Gasteiger partial charge in [-0.15, -0.1) is 0 Å². The molecule has 1 rings (SSSR count). The van der Waals surface area contributed by atoms with Crippen LogP contribution >= 0.6 is 0 Å². The van der Waals surface area contributed by atoms with Gasteiger partial charge < -0.3 is 14.6 Å². The quantitative estimate of drug-likeness (QED) is 0.695. The Bertz CT molecular complexity index is 545. The van der Waals surface area contributed by atoms with Crippen LogP contribution in [0.2, 0.25) is 0 Å². The maximum atomic E-state index is 12.2. The Labute approximate surface area is 141 Å². The minimum absolute atomic E-state index is 0.0445. The number of ether oxygens (including phenoxy) is 2. The van der Waals surface area contributed by atoms with Crippen LogP contribution in [0.25, 0.3) is 0 Å². The number of aliphatic carboxylic acids is 1. The molecule has 1 N–H and O–H groups in total. The lowest BCUT2D eigenvalue weighted by Crippen LogP contribution is -2.41. The zero-order chi connectivity index (χ0) is 17.9. The Kier molecular flexibility index (Phi) is 8.32. The monoisotopic (exact) mass is 337 g/mol. The first kappa shape index (κ1) is 19.5. The molecule has 0 bridgehead atoms. The number of hydrogen-bond donors (Lipinski definition) is 1. The largest absolute Gasteiger partial charge is 0.481 e. The van der Waals surface area contributed by atoms with Crippen LogP contribution < -0.4 is 0 Å². The summed E-state index contributed by atoms with van der Waals surface area (Å²) in [4.78, 5) is 36.1. The van der Waals surface area contributed by atoms with E-state index in [-0.39, 0.29) is 26.3 Å². The smallest absolute Gasteiger partial charge is 0.410 e. The number of benzene rings is 1. The lowest BCUT2D eigenvalue weighted by Gasteiger charge is -2.24. The van der Waals surface area contributed by atoms with Crippen molar-refractivity contribution in [3.05, 3.63) is 35.9 Å². The first-order valence-corrected chi connectivity index (χ1v) is 7.81. The average molecular weight is 337 g/mol. The molecule has 1 unspecified atom stereocenters. The third-order valence-corrected chi connectivity index (χ3v) is 3.37. The van der Waals surface area contributed by atoms with E-state index >= 15 is 0 Å². The molecular weight excluding hydrogens is 314 g/mol. The van der Waals surface area contributed by atoms with E-state index in [1.165, 1.54) is 0 Å². The van der Waals surface area contributed by atoms with Gasteiger partial charge in [0.15, 0.2) is 0 Å². The second-order valence-corrected chi connectivity index (χ2v) is 5.17. The molecule has 0 aliphatic rings. The molecular formula is C17H23NO6.